The molecule has 0 N–H and O–H groups in total. The molecule has 0 aliphatic carbocycles. The Morgan fingerprint density at radius 1 is 0.960 bits per heavy atom. The first-order chi connectivity index (χ1) is 12.0. The van der Waals surface area contributed by atoms with Gasteiger partial charge in [0.25, 0.3) is 5.91 Å². The van der Waals surface area contributed by atoms with Crippen LogP contribution in [0.5, 0.6) is 0 Å². The smallest absolute Gasteiger partial charge is 0.307 e. The van der Waals surface area contributed by atoms with Crippen LogP contribution in [0.25, 0.3) is 11.1 Å². The number of benzene rings is 2. The lowest BCUT2D eigenvalue weighted by atomic mass is 10.0. The second kappa shape index (κ2) is 9.02. The minimum atomic E-state index is -0.305. The molecular formula is C21H25NO3. The van der Waals surface area contributed by atoms with Gasteiger partial charge in [-0.3, -0.25) is 9.59 Å². The van der Waals surface area contributed by atoms with Crippen LogP contribution in [0.1, 0.15) is 30.6 Å². The van der Waals surface area contributed by atoms with Gasteiger partial charge in [0, 0.05) is 18.7 Å². The number of carbonyl (C=O) groups is 2. The van der Waals surface area contributed by atoms with Crippen molar-refractivity contribution in [3.05, 3.63) is 60.2 Å². The van der Waals surface area contributed by atoms with Crippen LogP contribution in [0, 0.1) is 5.92 Å². The monoisotopic (exact) mass is 339 g/mol. The van der Waals surface area contributed by atoms with Crippen LogP contribution < -0.4 is 0 Å². The molecule has 25 heavy (non-hydrogen) atoms. The van der Waals surface area contributed by atoms with Gasteiger partial charge in [0.05, 0.1) is 13.5 Å². The molecule has 0 aromatic heterocycles. The number of carbonyl (C=O) groups excluding carboxylic acids is 2. The summed E-state index contributed by atoms with van der Waals surface area (Å²) in [5, 5.41) is 0. The van der Waals surface area contributed by atoms with Crippen LogP contribution >= 0.6 is 0 Å². The van der Waals surface area contributed by atoms with E-state index in [2.05, 4.69) is 18.6 Å². The second-order valence-corrected chi connectivity index (χ2v) is 6.41. The molecule has 132 valence electrons. The van der Waals surface area contributed by atoms with Crippen molar-refractivity contribution in [2.45, 2.75) is 20.3 Å². The molecule has 0 unspecified atom stereocenters. The summed E-state index contributed by atoms with van der Waals surface area (Å²) in [5.74, 6) is -0.0385. The van der Waals surface area contributed by atoms with Gasteiger partial charge in [-0.25, -0.2) is 0 Å². The number of ether oxygens (including phenoxy) is 1. The molecule has 2 aromatic rings. The Balaban J connectivity index is 2.13. The number of nitrogens with zero attached hydrogens (tertiary/aromatic N) is 1. The second-order valence-electron chi connectivity index (χ2n) is 6.41. The lowest BCUT2D eigenvalue weighted by molar-refractivity contribution is -0.140. The Hall–Kier alpha value is -2.62. The lowest BCUT2D eigenvalue weighted by Crippen LogP contribution is -2.36. The third-order valence-corrected chi connectivity index (χ3v) is 3.93. The van der Waals surface area contributed by atoms with Crippen molar-refractivity contribution in [1.29, 1.82) is 0 Å². The first-order valence-electron chi connectivity index (χ1n) is 8.53. The largest absolute Gasteiger partial charge is 0.469 e. The van der Waals surface area contributed by atoms with Gasteiger partial charge in [-0.15, -0.1) is 0 Å². The number of rotatable bonds is 7. The molecule has 4 heteroatoms. The summed E-state index contributed by atoms with van der Waals surface area (Å²) in [6, 6.07) is 17.6. The highest BCUT2D eigenvalue weighted by Crippen LogP contribution is 2.20. The molecule has 2 aromatic carbocycles. The van der Waals surface area contributed by atoms with E-state index in [-0.39, 0.29) is 18.3 Å². The first-order valence-corrected chi connectivity index (χ1v) is 8.53. The SMILES string of the molecule is COC(=O)CCN(CC(C)C)C(=O)c1ccc(-c2ccccc2)cc1. The van der Waals surface area contributed by atoms with Crippen LogP contribution in [0.4, 0.5) is 0 Å². The van der Waals surface area contributed by atoms with Gasteiger partial charge in [0.1, 0.15) is 0 Å². The van der Waals surface area contributed by atoms with Crippen LogP contribution in [0.3, 0.4) is 0 Å². The summed E-state index contributed by atoms with van der Waals surface area (Å²) in [7, 11) is 1.36. The van der Waals surface area contributed by atoms with Gasteiger partial charge in [-0.1, -0.05) is 56.3 Å². The molecule has 0 fully saturated rings. The zero-order valence-electron chi connectivity index (χ0n) is 15.1. The summed E-state index contributed by atoms with van der Waals surface area (Å²) in [6.45, 7) is 5.08. The van der Waals surface area contributed by atoms with Crippen molar-refractivity contribution in [3.63, 3.8) is 0 Å². The minimum absolute atomic E-state index is 0.0581. The molecular weight excluding hydrogens is 314 g/mol. The first kappa shape index (κ1) is 18.7. The van der Waals surface area contributed by atoms with Gasteiger partial charge in [0.15, 0.2) is 0 Å². The van der Waals surface area contributed by atoms with Gasteiger partial charge < -0.3 is 9.64 Å². The summed E-state index contributed by atoms with van der Waals surface area (Å²) >= 11 is 0. The molecule has 4 nitrogen and oxygen atoms in total. The maximum Gasteiger partial charge on any atom is 0.307 e. The van der Waals surface area contributed by atoms with E-state index < -0.39 is 0 Å². The van der Waals surface area contributed by atoms with Crippen LogP contribution in [-0.4, -0.2) is 37.0 Å². The Kier molecular flexibility index (Phi) is 6.75. The molecule has 0 atom stereocenters. The fraction of sp³-hybridized carbons (Fsp3) is 0.333. The van der Waals surface area contributed by atoms with E-state index in [1.807, 2.05) is 54.6 Å². The van der Waals surface area contributed by atoms with Crippen molar-refractivity contribution in [3.8, 4) is 11.1 Å². The van der Waals surface area contributed by atoms with E-state index in [4.69, 9.17) is 0 Å². The number of hydrogen-bond acceptors (Lipinski definition) is 3. The molecule has 0 aliphatic rings. The summed E-state index contributed by atoms with van der Waals surface area (Å²) in [4.78, 5) is 25.9. The highest BCUT2D eigenvalue weighted by Gasteiger charge is 2.18. The maximum atomic E-state index is 12.8. The summed E-state index contributed by atoms with van der Waals surface area (Å²) in [5.41, 5.74) is 2.82. The van der Waals surface area contributed by atoms with Crippen molar-refractivity contribution in [1.82, 2.24) is 4.90 Å². The molecule has 0 saturated carbocycles. The maximum absolute atomic E-state index is 12.8. The van der Waals surface area contributed by atoms with E-state index in [1.165, 1.54) is 7.11 Å². The lowest BCUT2D eigenvalue weighted by Gasteiger charge is -2.24. The minimum Gasteiger partial charge on any atom is -0.469 e. The molecule has 2 rings (SSSR count). The molecule has 0 spiro atoms. The van der Waals surface area contributed by atoms with E-state index in [1.54, 1.807) is 4.90 Å². The fourth-order valence-electron chi connectivity index (χ4n) is 2.66. The molecule has 0 radical (unpaired) electrons. The van der Waals surface area contributed by atoms with E-state index >= 15 is 0 Å². The number of methoxy groups -OCH3 is 1. The van der Waals surface area contributed by atoms with Crippen LogP contribution in [0.2, 0.25) is 0 Å². The molecule has 1 amide bonds. The Bertz CT molecular complexity index is 693. The van der Waals surface area contributed by atoms with E-state index in [0.29, 0.717) is 24.6 Å². The standard InChI is InChI=1S/C21H25NO3/c1-16(2)15-22(14-13-20(23)25-3)21(24)19-11-9-18(10-12-19)17-7-5-4-6-8-17/h4-12,16H,13-15H2,1-3H3. The van der Waals surface area contributed by atoms with Gasteiger partial charge in [0.2, 0.25) is 0 Å². The van der Waals surface area contributed by atoms with E-state index in [0.717, 1.165) is 11.1 Å². The zero-order chi connectivity index (χ0) is 18.2. The quantitative estimate of drug-likeness (QED) is 0.716. The predicted molar refractivity (Wildman–Crippen MR) is 99.3 cm³/mol. The fourth-order valence-corrected chi connectivity index (χ4v) is 2.66. The summed E-state index contributed by atoms with van der Waals surface area (Å²) in [6.07, 6.45) is 0.205. The van der Waals surface area contributed by atoms with Crippen molar-refractivity contribution >= 4 is 11.9 Å². The van der Waals surface area contributed by atoms with Crippen molar-refractivity contribution < 1.29 is 14.3 Å². The van der Waals surface area contributed by atoms with Crippen LogP contribution in [-0.2, 0) is 9.53 Å². The Morgan fingerprint density at radius 3 is 2.12 bits per heavy atom. The highest BCUT2D eigenvalue weighted by atomic mass is 16.5. The molecule has 0 heterocycles. The van der Waals surface area contributed by atoms with Crippen molar-refractivity contribution in [2.24, 2.45) is 5.92 Å². The number of amides is 1. The Morgan fingerprint density at radius 2 is 1.56 bits per heavy atom. The Labute approximate surface area is 149 Å². The molecule has 0 bridgehead atoms. The van der Waals surface area contributed by atoms with Crippen molar-refractivity contribution in [2.75, 3.05) is 20.2 Å². The van der Waals surface area contributed by atoms with Gasteiger partial charge in [-0.2, -0.15) is 0 Å². The molecule has 0 aliphatic heterocycles. The average molecular weight is 339 g/mol. The summed E-state index contributed by atoms with van der Waals surface area (Å²) < 4.78 is 4.68. The third kappa shape index (κ3) is 5.45. The third-order valence-electron chi connectivity index (χ3n) is 3.93. The van der Waals surface area contributed by atoms with Gasteiger partial charge in [-0.05, 0) is 29.2 Å². The highest BCUT2D eigenvalue weighted by molar-refractivity contribution is 5.95. The van der Waals surface area contributed by atoms with Gasteiger partial charge >= 0.3 is 5.97 Å². The predicted octanol–water partition coefficient (Wildman–Crippen LogP) is 4.01. The van der Waals surface area contributed by atoms with Crippen LogP contribution in [0.15, 0.2) is 54.6 Å². The average Bonchev–Trinajstić information content (AvgIpc) is 2.64. The normalized spacial score (nSPS) is 10.6. The zero-order valence-corrected chi connectivity index (χ0v) is 15.1. The van der Waals surface area contributed by atoms with E-state index in [9.17, 15) is 9.59 Å². The number of esters is 1. The number of hydrogen-bond donors (Lipinski definition) is 0. The molecule has 0 saturated heterocycles. The topological polar surface area (TPSA) is 46.6 Å².